The number of hydrogen-bond acceptors (Lipinski definition) is 2. The van der Waals surface area contributed by atoms with Crippen molar-refractivity contribution in [2.45, 2.75) is 85.2 Å². The number of carbonyl (C=O) groups excluding carboxylic acids is 1. The Kier molecular flexibility index (Phi) is 9.80. The fraction of sp³-hybridized carbons (Fsp3) is 0.895. The molecule has 1 fully saturated rings. The van der Waals surface area contributed by atoms with Crippen molar-refractivity contribution in [3.05, 3.63) is 0 Å². The Morgan fingerprint density at radius 1 is 1.17 bits per heavy atom. The number of nitrogens with zero attached hydrogens (tertiary/aromatic N) is 1. The highest BCUT2D eigenvalue weighted by atomic mass is 16.1. The molecule has 0 spiro atoms. The maximum atomic E-state index is 12.3. The van der Waals surface area contributed by atoms with Gasteiger partial charge in [0.25, 0.3) is 0 Å². The monoisotopic (exact) mass is 338 g/mol. The van der Waals surface area contributed by atoms with Crippen molar-refractivity contribution in [2.75, 3.05) is 13.1 Å². The van der Waals surface area contributed by atoms with Crippen molar-refractivity contribution < 1.29 is 4.79 Å². The van der Waals surface area contributed by atoms with Gasteiger partial charge in [0, 0.05) is 31.1 Å². The second kappa shape index (κ2) is 11.3. The van der Waals surface area contributed by atoms with Gasteiger partial charge in [-0.1, -0.05) is 33.1 Å². The standard InChI is InChI=1S/C19H38N4O/c1-6-15(7-2)13-21-19(20-8-3)23-17-11-9-10-16(12-17)18(24)22-14(4)5/h14-17H,6-13H2,1-5H3,(H,22,24)(H2,20,21,23). The molecule has 24 heavy (non-hydrogen) atoms. The predicted octanol–water partition coefficient (Wildman–Crippen LogP) is 3.06. The number of amides is 1. The van der Waals surface area contributed by atoms with Crippen LogP contribution in [0, 0.1) is 11.8 Å². The molecule has 2 unspecified atom stereocenters. The highest BCUT2D eigenvalue weighted by molar-refractivity contribution is 5.81. The van der Waals surface area contributed by atoms with Crippen LogP contribution in [0.25, 0.3) is 0 Å². The molecule has 3 N–H and O–H groups in total. The highest BCUT2D eigenvalue weighted by Crippen LogP contribution is 2.24. The number of aliphatic imine (C=N–C) groups is 1. The first-order valence-corrected chi connectivity index (χ1v) is 9.85. The zero-order valence-electron chi connectivity index (χ0n) is 16.3. The Hall–Kier alpha value is -1.26. The summed E-state index contributed by atoms with van der Waals surface area (Å²) in [6.45, 7) is 12.3. The fourth-order valence-electron chi connectivity index (χ4n) is 3.24. The molecule has 0 aromatic carbocycles. The SMILES string of the molecule is CCNC(=NCC(CC)CC)NC1CCCC(C(=O)NC(C)C)C1. The molecular weight excluding hydrogens is 300 g/mol. The first-order chi connectivity index (χ1) is 11.5. The molecule has 1 aliphatic rings. The Balaban J connectivity index is 2.59. The lowest BCUT2D eigenvalue weighted by molar-refractivity contribution is -0.126. The van der Waals surface area contributed by atoms with E-state index in [1.807, 2.05) is 13.8 Å². The normalized spacial score (nSPS) is 21.9. The molecule has 0 heterocycles. The van der Waals surface area contributed by atoms with E-state index in [2.05, 4.69) is 36.7 Å². The molecule has 0 aliphatic heterocycles. The summed E-state index contributed by atoms with van der Waals surface area (Å²) >= 11 is 0. The molecule has 1 saturated carbocycles. The van der Waals surface area contributed by atoms with Gasteiger partial charge >= 0.3 is 0 Å². The average molecular weight is 339 g/mol. The number of rotatable bonds is 8. The zero-order chi connectivity index (χ0) is 17.9. The zero-order valence-corrected chi connectivity index (χ0v) is 16.3. The van der Waals surface area contributed by atoms with Crippen LogP contribution in [0.15, 0.2) is 4.99 Å². The number of carbonyl (C=O) groups is 1. The molecule has 0 aromatic rings. The minimum atomic E-state index is 0.126. The summed E-state index contributed by atoms with van der Waals surface area (Å²) in [6, 6.07) is 0.547. The molecule has 1 rings (SSSR count). The third-order valence-corrected chi connectivity index (χ3v) is 4.82. The van der Waals surface area contributed by atoms with Crippen LogP contribution in [0.4, 0.5) is 0 Å². The summed E-state index contributed by atoms with van der Waals surface area (Å²) in [5.74, 6) is 1.88. The quantitative estimate of drug-likeness (QED) is 0.471. The van der Waals surface area contributed by atoms with Gasteiger partial charge in [-0.15, -0.1) is 0 Å². The van der Waals surface area contributed by atoms with Gasteiger partial charge in [0.2, 0.25) is 5.91 Å². The predicted molar refractivity (Wildman–Crippen MR) is 102 cm³/mol. The van der Waals surface area contributed by atoms with Gasteiger partial charge in [-0.05, 0) is 46.0 Å². The maximum Gasteiger partial charge on any atom is 0.223 e. The molecule has 0 bridgehead atoms. The van der Waals surface area contributed by atoms with Crippen LogP contribution in [0.3, 0.4) is 0 Å². The van der Waals surface area contributed by atoms with E-state index in [-0.39, 0.29) is 17.9 Å². The summed E-state index contributed by atoms with van der Waals surface area (Å²) in [5, 5.41) is 9.96. The molecule has 2 atom stereocenters. The van der Waals surface area contributed by atoms with Crippen LogP contribution in [-0.4, -0.2) is 37.0 Å². The fourth-order valence-corrected chi connectivity index (χ4v) is 3.24. The van der Waals surface area contributed by atoms with Crippen molar-refractivity contribution >= 4 is 11.9 Å². The lowest BCUT2D eigenvalue weighted by atomic mass is 9.85. The molecule has 1 aliphatic carbocycles. The summed E-state index contributed by atoms with van der Waals surface area (Å²) in [6.07, 6.45) is 6.44. The molecular formula is C19H38N4O. The average Bonchev–Trinajstić information content (AvgIpc) is 2.55. The van der Waals surface area contributed by atoms with Crippen molar-refractivity contribution in [3.63, 3.8) is 0 Å². The van der Waals surface area contributed by atoms with Crippen LogP contribution in [0.5, 0.6) is 0 Å². The Morgan fingerprint density at radius 2 is 1.88 bits per heavy atom. The smallest absolute Gasteiger partial charge is 0.223 e. The molecule has 140 valence electrons. The van der Waals surface area contributed by atoms with Gasteiger partial charge in [-0.25, -0.2) is 0 Å². The minimum Gasteiger partial charge on any atom is -0.357 e. The first-order valence-electron chi connectivity index (χ1n) is 9.85. The third-order valence-electron chi connectivity index (χ3n) is 4.82. The van der Waals surface area contributed by atoms with Crippen LogP contribution in [0.2, 0.25) is 0 Å². The van der Waals surface area contributed by atoms with Crippen molar-refractivity contribution in [3.8, 4) is 0 Å². The van der Waals surface area contributed by atoms with E-state index >= 15 is 0 Å². The van der Waals surface area contributed by atoms with Gasteiger partial charge < -0.3 is 16.0 Å². The lowest BCUT2D eigenvalue weighted by Crippen LogP contribution is -2.47. The van der Waals surface area contributed by atoms with E-state index in [1.165, 1.54) is 12.8 Å². The van der Waals surface area contributed by atoms with E-state index < -0.39 is 0 Å². The third kappa shape index (κ3) is 7.54. The molecule has 0 saturated heterocycles. The molecule has 0 aromatic heterocycles. The van der Waals surface area contributed by atoms with Gasteiger partial charge in [0.1, 0.15) is 0 Å². The summed E-state index contributed by atoms with van der Waals surface area (Å²) in [7, 11) is 0. The molecule has 5 heteroatoms. The molecule has 5 nitrogen and oxygen atoms in total. The van der Waals surface area contributed by atoms with E-state index in [0.717, 1.165) is 44.7 Å². The van der Waals surface area contributed by atoms with Gasteiger partial charge in [0.15, 0.2) is 5.96 Å². The Bertz CT molecular complexity index is 391. The van der Waals surface area contributed by atoms with Crippen LogP contribution in [-0.2, 0) is 4.79 Å². The minimum absolute atomic E-state index is 0.126. The second-order valence-electron chi connectivity index (χ2n) is 7.27. The largest absolute Gasteiger partial charge is 0.357 e. The van der Waals surface area contributed by atoms with E-state index in [4.69, 9.17) is 4.99 Å². The number of hydrogen-bond donors (Lipinski definition) is 3. The first kappa shape index (κ1) is 20.8. The Morgan fingerprint density at radius 3 is 2.46 bits per heavy atom. The van der Waals surface area contributed by atoms with E-state index in [1.54, 1.807) is 0 Å². The molecule has 0 radical (unpaired) electrons. The van der Waals surface area contributed by atoms with Gasteiger partial charge in [-0.2, -0.15) is 0 Å². The second-order valence-corrected chi connectivity index (χ2v) is 7.27. The van der Waals surface area contributed by atoms with Gasteiger partial charge in [-0.3, -0.25) is 9.79 Å². The van der Waals surface area contributed by atoms with Crippen LogP contribution < -0.4 is 16.0 Å². The summed E-state index contributed by atoms with van der Waals surface area (Å²) in [4.78, 5) is 17.0. The van der Waals surface area contributed by atoms with Crippen LogP contribution >= 0.6 is 0 Å². The Labute approximate surface area is 148 Å². The topological polar surface area (TPSA) is 65.5 Å². The lowest BCUT2D eigenvalue weighted by Gasteiger charge is -2.30. The maximum absolute atomic E-state index is 12.3. The van der Waals surface area contributed by atoms with Gasteiger partial charge in [0.05, 0.1) is 0 Å². The summed E-state index contributed by atoms with van der Waals surface area (Å²) < 4.78 is 0. The summed E-state index contributed by atoms with van der Waals surface area (Å²) in [5.41, 5.74) is 0. The van der Waals surface area contributed by atoms with E-state index in [9.17, 15) is 4.79 Å². The highest BCUT2D eigenvalue weighted by Gasteiger charge is 2.28. The van der Waals surface area contributed by atoms with Crippen LogP contribution in [0.1, 0.15) is 73.1 Å². The number of guanidine groups is 1. The van der Waals surface area contributed by atoms with E-state index in [0.29, 0.717) is 12.0 Å². The van der Waals surface area contributed by atoms with Crippen molar-refractivity contribution in [2.24, 2.45) is 16.8 Å². The van der Waals surface area contributed by atoms with Crippen molar-refractivity contribution in [1.82, 2.24) is 16.0 Å². The molecule has 1 amide bonds. The number of nitrogens with one attached hydrogen (secondary N) is 3. The van der Waals surface area contributed by atoms with Crippen molar-refractivity contribution in [1.29, 1.82) is 0 Å².